The highest BCUT2D eigenvalue weighted by atomic mass is 35.5. The minimum Gasteiger partial charge on any atom is -0.390 e. The van der Waals surface area contributed by atoms with Gasteiger partial charge in [0.05, 0.1) is 16.2 Å². The Morgan fingerprint density at radius 3 is 2.79 bits per heavy atom. The zero-order valence-electron chi connectivity index (χ0n) is 10.8. The van der Waals surface area contributed by atoms with Gasteiger partial charge < -0.3 is 10.0 Å². The summed E-state index contributed by atoms with van der Waals surface area (Å²) in [4.78, 5) is 14.2. The van der Waals surface area contributed by atoms with Gasteiger partial charge in [-0.25, -0.2) is 0 Å². The molecule has 104 valence electrons. The van der Waals surface area contributed by atoms with Gasteiger partial charge in [0.2, 0.25) is 0 Å². The SMILES string of the molecule is CC1(O)CCCN(C(=O)c2cc(Cl)ccc2Cl)CC1. The maximum atomic E-state index is 12.4. The van der Waals surface area contributed by atoms with Crippen LogP contribution in [0.2, 0.25) is 10.0 Å². The molecule has 1 heterocycles. The highest BCUT2D eigenvalue weighted by molar-refractivity contribution is 6.35. The van der Waals surface area contributed by atoms with Crippen LogP contribution in [0, 0.1) is 0 Å². The van der Waals surface area contributed by atoms with Crippen molar-refractivity contribution in [3.05, 3.63) is 33.8 Å². The van der Waals surface area contributed by atoms with Crippen molar-refractivity contribution in [1.29, 1.82) is 0 Å². The van der Waals surface area contributed by atoms with Gasteiger partial charge in [-0.15, -0.1) is 0 Å². The van der Waals surface area contributed by atoms with Gasteiger partial charge >= 0.3 is 0 Å². The van der Waals surface area contributed by atoms with E-state index in [4.69, 9.17) is 23.2 Å². The molecular weight excluding hydrogens is 285 g/mol. The van der Waals surface area contributed by atoms with Crippen LogP contribution in [0.3, 0.4) is 0 Å². The van der Waals surface area contributed by atoms with Crippen LogP contribution in [0.4, 0.5) is 0 Å². The summed E-state index contributed by atoms with van der Waals surface area (Å²) in [6.45, 7) is 2.99. The second-order valence-electron chi connectivity index (χ2n) is 5.27. The van der Waals surface area contributed by atoms with Gasteiger partial charge in [-0.3, -0.25) is 4.79 Å². The predicted molar refractivity (Wildman–Crippen MR) is 76.8 cm³/mol. The monoisotopic (exact) mass is 301 g/mol. The van der Waals surface area contributed by atoms with E-state index < -0.39 is 5.60 Å². The first-order chi connectivity index (χ1) is 8.89. The van der Waals surface area contributed by atoms with Crippen LogP contribution >= 0.6 is 23.2 Å². The lowest BCUT2D eigenvalue weighted by Crippen LogP contribution is -2.33. The number of carbonyl (C=O) groups is 1. The summed E-state index contributed by atoms with van der Waals surface area (Å²) >= 11 is 12.0. The summed E-state index contributed by atoms with van der Waals surface area (Å²) in [5.41, 5.74) is -0.261. The molecule has 0 spiro atoms. The van der Waals surface area contributed by atoms with E-state index in [2.05, 4.69) is 0 Å². The van der Waals surface area contributed by atoms with E-state index >= 15 is 0 Å². The van der Waals surface area contributed by atoms with Crippen molar-refractivity contribution < 1.29 is 9.90 Å². The number of hydrogen-bond donors (Lipinski definition) is 1. The van der Waals surface area contributed by atoms with E-state index in [0.29, 0.717) is 41.5 Å². The molecule has 1 atom stereocenters. The molecule has 1 saturated heterocycles. The van der Waals surface area contributed by atoms with E-state index in [-0.39, 0.29) is 5.91 Å². The third-order valence-corrected chi connectivity index (χ3v) is 4.07. The maximum absolute atomic E-state index is 12.4. The van der Waals surface area contributed by atoms with E-state index in [1.807, 2.05) is 6.92 Å². The Morgan fingerprint density at radius 2 is 2.05 bits per heavy atom. The molecular formula is C14H17Cl2NO2. The van der Waals surface area contributed by atoms with E-state index in [1.165, 1.54) is 0 Å². The Kier molecular flexibility index (Phi) is 4.39. The van der Waals surface area contributed by atoms with Crippen LogP contribution in [-0.4, -0.2) is 34.6 Å². The van der Waals surface area contributed by atoms with Gasteiger partial charge in [0.1, 0.15) is 0 Å². The number of amides is 1. The van der Waals surface area contributed by atoms with Crippen molar-refractivity contribution in [2.24, 2.45) is 0 Å². The molecule has 1 fully saturated rings. The number of hydrogen-bond acceptors (Lipinski definition) is 2. The average Bonchev–Trinajstić information content (AvgIpc) is 2.52. The zero-order chi connectivity index (χ0) is 14.0. The van der Waals surface area contributed by atoms with Crippen molar-refractivity contribution in [2.75, 3.05) is 13.1 Å². The van der Waals surface area contributed by atoms with Gasteiger partial charge in [-0.1, -0.05) is 23.2 Å². The van der Waals surface area contributed by atoms with Crippen LogP contribution < -0.4 is 0 Å². The van der Waals surface area contributed by atoms with Crippen molar-refractivity contribution in [2.45, 2.75) is 31.8 Å². The third-order valence-electron chi connectivity index (χ3n) is 3.51. The molecule has 3 nitrogen and oxygen atoms in total. The van der Waals surface area contributed by atoms with E-state index in [9.17, 15) is 9.90 Å². The molecule has 1 aromatic carbocycles. The van der Waals surface area contributed by atoms with Crippen LogP contribution in [0.5, 0.6) is 0 Å². The molecule has 1 unspecified atom stereocenters. The summed E-state index contributed by atoms with van der Waals surface area (Å²) < 4.78 is 0. The summed E-state index contributed by atoms with van der Waals surface area (Å²) in [6.07, 6.45) is 2.08. The Hall–Kier alpha value is -0.770. The highest BCUT2D eigenvalue weighted by Gasteiger charge is 2.28. The molecule has 1 aliphatic heterocycles. The molecule has 19 heavy (non-hydrogen) atoms. The third kappa shape index (κ3) is 3.62. The second-order valence-corrected chi connectivity index (χ2v) is 6.11. The first kappa shape index (κ1) is 14.6. The van der Waals surface area contributed by atoms with Gasteiger partial charge in [0.15, 0.2) is 0 Å². The molecule has 1 aromatic rings. The van der Waals surface area contributed by atoms with Gasteiger partial charge in [0.25, 0.3) is 5.91 Å². The maximum Gasteiger partial charge on any atom is 0.255 e. The molecule has 0 aliphatic carbocycles. The van der Waals surface area contributed by atoms with Crippen molar-refractivity contribution in [3.8, 4) is 0 Å². The highest BCUT2D eigenvalue weighted by Crippen LogP contribution is 2.25. The number of nitrogens with zero attached hydrogens (tertiary/aromatic N) is 1. The Balaban J connectivity index is 2.17. The van der Waals surface area contributed by atoms with Crippen LogP contribution in [-0.2, 0) is 0 Å². The molecule has 1 N–H and O–H groups in total. The topological polar surface area (TPSA) is 40.5 Å². The molecule has 1 aliphatic rings. The van der Waals surface area contributed by atoms with Crippen LogP contribution in [0.1, 0.15) is 36.5 Å². The normalized spacial score (nSPS) is 24.1. The molecule has 0 saturated carbocycles. The Labute approximate surface area is 123 Å². The fourth-order valence-electron chi connectivity index (χ4n) is 2.30. The molecule has 5 heteroatoms. The van der Waals surface area contributed by atoms with Gasteiger partial charge in [0, 0.05) is 18.1 Å². The fraction of sp³-hybridized carbons (Fsp3) is 0.500. The quantitative estimate of drug-likeness (QED) is 0.864. The lowest BCUT2D eigenvalue weighted by atomic mass is 9.98. The number of halogens is 2. The Morgan fingerprint density at radius 1 is 1.32 bits per heavy atom. The lowest BCUT2D eigenvalue weighted by molar-refractivity contribution is 0.0438. The average molecular weight is 302 g/mol. The molecule has 1 amide bonds. The molecule has 0 bridgehead atoms. The smallest absolute Gasteiger partial charge is 0.255 e. The number of aliphatic hydroxyl groups is 1. The molecule has 0 radical (unpaired) electrons. The van der Waals surface area contributed by atoms with Crippen molar-refractivity contribution >= 4 is 29.1 Å². The molecule has 0 aromatic heterocycles. The first-order valence-electron chi connectivity index (χ1n) is 6.36. The minimum atomic E-state index is -0.687. The number of carbonyl (C=O) groups excluding carboxylic acids is 1. The standard InChI is InChI=1S/C14H17Cl2NO2/c1-14(19)5-2-7-17(8-6-14)13(18)11-9-10(15)3-4-12(11)16/h3-4,9,19H,2,5-8H2,1H3. The minimum absolute atomic E-state index is 0.120. The predicted octanol–water partition coefficient (Wildman–Crippen LogP) is 3.37. The van der Waals surface area contributed by atoms with Crippen LogP contribution in [0.25, 0.3) is 0 Å². The van der Waals surface area contributed by atoms with E-state index in [1.54, 1.807) is 23.1 Å². The van der Waals surface area contributed by atoms with Crippen LogP contribution in [0.15, 0.2) is 18.2 Å². The first-order valence-corrected chi connectivity index (χ1v) is 7.11. The van der Waals surface area contributed by atoms with Gasteiger partial charge in [-0.2, -0.15) is 0 Å². The summed E-state index contributed by atoms with van der Waals surface area (Å²) in [5.74, 6) is -0.120. The second kappa shape index (κ2) is 5.70. The Bertz CT molecular complexity index is 488. The molecule has 2 rings (SSSR count). The van der Waals surface area contributed by atoms with Crippen molar-refractivity contribution in [1.82, 2.24) is 4.90 Å². The zero-order valence-corrected chi connectivity index (χ0v) is 12.3. The fourth-order valence-corrected chi connectivity index (χ4v) is 2.67. The summed E-state index contributed by atoms with van der Waals surface area (Å²) in [5, 5.41) is 10.9. The summed E-state index contributed by atoms with van der Waals surface area (Å²) in [7, 11) is 0. The lowest BCUT2D eigenvalue weighted by Gasteiger charge is -2.23. The number of likely N-dealkylation sites (tertiary alicyclic amines) is 1. The van der Waals surface area contributed by atoms with E-state index in [0.717, 1.165) is 6.42 Å². The summed E-state index contributed by atoms with van der Waals surface area (Å²) in [6, 6.07) is 4.88. The number of rotatable bonds is 1. The van der Waals surface area contributed by atoms with Gasteiger partial charge in [-0.05, 0) is 44.4 Å². The van der Waals surface area contributed by atoms with Crippen molar-refractivity contribution in [3.63, 3.8) is 0 Å². The number of benzene rings is 1. The largest absolute Gasteiger partial charge is 0.390 e.